The maximum Gasteiger partial charge on any atom is 0.105 e. The van der Waals surface area contributed by atoms with Crippen LogP contribution >= 0.6 is 11.3 Å². The Morgan fingerprint density at radius 1 is 1.44 bits per heavy atom. The Balaban J connectivity index is 2.16. The van der Waals surface area contributed by atoms with Crippen LogP contribution in [0.4, 0.5) is 0 Å². The van der Waals surface area contributed by atoms with Crippen molar-refractivity contribution in [3.8, 4) is 0 Å². The SMILES string of the molecule is CCc1ccsc1C(Cc1ccco1)NC. The molecule has 0 bridgehead atoms. The normalized spacial score (nSPS) is 12.9. The molecule has 0 aromatic carbocycles. The quantitative estimate of drug-likeness (QED) is 0.859. The molecule has 86 valence electrons. The van der Waals surface area contributed by atoms with E-state index in [-0.39, 0.29) is 0 Å². The zero-order valence-electron chi connectivity index (χ0n) is 9.69. The molecule has 16 heavy (non-hydrogen) atoms. The van der Waals surface area contributed by atoms with Crippen molar-refractivity contribution in [3.05, 3.63) is 46.0 Å². The molecule has 2 nitrogen and oxygen atoms in total. The summed E-state index contributed by atoms with van der Waals surface area (Å²) in [5.41, 5.74) is 1.44. The highest BCUT2D eigenvalue weighted by atomic mass is 32.1. The molecule has 0 spiro atoms. The summed E-state index contributed by atoms with van der Waals surface area (Å²) in [4.78, 5) is 1.43. The molecule has 0 aliphatic carbocycles. The fraction of sp³-hybridized carbons (Fsp3) is 0.385. The van der Waals surface area contributed by atoms with Gasteiger partial charge in [-0.15, -0.1) is 11.3 Å². The van der Waals surface area contributed by atoms with E-state index in [0.29, 0.717) is 6.04 Å². The van der Waals surface area contributed by atoms with Gasteiger partial charge in [0.05, 0.1) is 6.26 Å². The highest BCUT2D eigenvalue weighted by Gasteiger charge is 2.15. The molecule has 2 heterocycles. The van der Waals surface area contributed by atoms with Crippen molar-refractivity contribution >= 4 is 11.3 Å². The first-order chi connectivity index (χ1) is 7.85. The molecular weight excluding hydrogens is 218 g/mol. The van der Waals surface area contributed by atoms with Gasteiger partial charge in [-0.1, -0.05) is 6.92 Å². The van der Waals surface area contributed by atoms with Crippen LogP contribution in [0, 0.1) is 0 Å². The smallest absolute Gasteiger partial charge is 0.105 e. The molecule has 0 aliphatic heterocycles. The molecule has 0 aliphatic rings. The van der Waals surface area contributed by atoms with Crippen LogP contribution in [-0.4, -0.2) is 7.05 Å². The van der Waals surface area contributed by atoms with Crippen LogP contribution in [0.1, 0.15) is 29.2 Å². The summed E-state index contributed by atoms with van der Waals surface area (Å²) in [6, 6.07) is 6.55. The van der Waals surface area contributed by atoms with E-state index in [1.165, 1.54) is 10.4 Å². The van der Waals surface area contributed by atoms with Gasteiger partial charge in [0.25, 0.3) is 0 Å². The first-order valence-electron chi connectivity index (χ1n) is 5.61. The molecule has 0 radical (unpaired) electrons. The lowest BCUT2D eigenvalue weighted by Crippen LogP contribution is -2.18. The van der Waals surface area contributed by atoms with E-state index >= 15 is 0 Å². The molecule has 0 saturated heterocycles. The second-order valence-corrected chi connectivity index (χ2v) is 4.74. The number of thiophene rings is 1. The molecule has 2 aromatic rings. The maximum atomic E-state index is 5.40. The fourth-order valence-electron chi connectivity index (χ4n) is 1.90. The number of hydrogen-bond acceptors (Lipinski definition) is 3. The van der Waals surface area contributed by atoms with Crippen molar-refractivity contribution in [1.82, 2.24) is 5.32 Å². The Morgan fingerprint density at radius 3 is 2.94 bits per heavy atom. The summed E-state index contributed by atoms with van der Waals surface area (Å²) in [6.07, 6.45) is 3.74. The average molecular weight is 235 g/mol. The largest absolute Gasteiger partial charge is 0.469 e. The molecule has 0 saturated carbocycles. The molecule has 3 heteroatoms. The van der Waals surface area contributed by atoms with Crippen molar-refractivity contribution in [1.29, 1.82) is 0 Å². The summed E-state index contributed by atoms with van der Waals surface area (Å²) in [6.45, 7) is 2.20. The Labute approximate surface area is 100 Å². The summed E-state index contributed by atoms with van der Waals surface area (Å²) in [5.74, 6) is 1.04. The number of aryl methyl sites for hydroxylation is 1. The van der Waals surface area contributed by atoms with Gasteiger partial charge >= 0.3 is 0 Å². The van der Waals surface area contributed by atoms with Crippen LogP contribution in [0.5, 0.6) is 0 Å². The lowest BCUT2D eigenvalue weighted by atomic mass is 10.1. The molecule has 0 fully saturated rings. The van der Waals surface area contributed by atoms with E-state index in [0.717, 1.165) is 18.6 Å². The fourth-order valence-corrected chi connectivity index (χ4v) is 3.01. The van der Waals surface area contributed by atoms with Crippen molar-refractivity contribution in [2.75, 3.05) is 7.05 Å². The van der Waals surface area contributed by atoms with E-state index in [1.807, 2.05) is 30.5 Å². The first kappa shape index (κ1) is 11.4. The van der Waals surface area contributed by atoms with Gasteiger partial charge in [-0.25, -0.2) is 0 Å². The highest BCUT2D eigenvalue weighted by molar-refractivity contribution is 7.10. The van der Waals surface area contributed by atoms with Gasteiger partial charge in [-0.3, -0.25) is 0 Å². The molecule has 1 N–H and O–H groups in total. The third-order valence-corrected chi connectivity index (χ3v) is 3.88. The second-order valence-electron chi connectivity index (χ2n) is 3.79. The Bertz CT molecular complexity index is 419. The third kappa shape index (κ3) is 2.36. The minimum absolute atomic E-state index is 0.362. The van der Waals surface area contributed by atoms with Crippen molar-refractivity contribution in [2.45, 2.75) is 25.8 Å². The van der Waals surface area contributed by atoms with Crippen molar-refractivity contribution in [2.24, 2.45) is 0 Å². The van der Waals surface area contributed by atoms with Gasteiger partial charge in [0.15, 0.2) is 0 Å². The average Bonchev–Trinajstić information content (AvgIpc) is 2.96. The van der Waals surface area contributed by atoms with E-state index in [9.17, 15) is 0 Å². The molecule has 2 rings (SSSR count). The first-order valence-corrected chi connectivity index (χ1v) is 6.49. The topological polar surface area (TPSA) is 25.2 Å². The monoisotopic (exact) mass is 235 g/mol. The van der Waals surface area contributed by atoms with Crippen LogP contribution in [0.2, 0.25) is 0 Å². The molecule has 2 aromatic heterocycles. The van der Waals surface area contributed by atoms with E-state index in [2.05, 4.69) is 23.7 Å². The summed E-state index contributed by atoms with van der Waals surface area (Å²) in [5, 5.41) is 5.54. The van der Waals surface area contributed by atoms with Gasteiger partial charge in [0.1, 0.15) is 5.76 Å². The van der Waals surface area contributed by atoms with Gasteiger partial charge in [-0.05, 0) is 42.6 Å². The Morgan fingerprint density at radius 2 is 2.31 bits per heavy atom. The Hall–Kier alpha value is -1.06. The number of likely N-dealkylation sites (N-methyl/N-ethyl adjacent to an activating group) is 1. The predicted octanol–water partition coefficient (Wildman–Crippen LogP) is 3.41. The van der Waals surface area contributed by atoms with Gasteiger partial charge in [-0.2, -0.15) is 0 Å². The highest BCUT2D eigenvalue weighted by Crippen LogP contribution is 2.27. The molecule has 1 unspecified atom stereocenters. The lowest BCUT2D eigenvalue weighted by molar-refractivity contribution is 0.468. The zero-order valence-corrected chi connectivity index (χ0v) is 10.5. The lowest BCUT2D eigenvalue weighted by Gasteiger charge is -2.15. The van der Waals surface area contributed by atoms with Gasteiger partial charge in [0, 0.05) is 17.3 Å². The molecular formula is C13H17NOS. The van der Waals surface area contributed by atoms with Crippen LogP contribution < -0.4 is 5.32 Å². The minimum atomic E-state index is 0.362. The molecule has 0 amide bonds. The van der Waals surface area contributed by atoms with Crippen molar-refractivity contribution < 1.29 is 4.42 Å². The van der Waals surface area contributed by atoms with E-state index in [1.54, 1.807) is 6.26 Å². The summed E-state index contributed by atoms with van der Waals surface area (Å²) < 4.78 is 5.40. The summed E-state index contributed by atoms with van der Waals surface area (Å²) in [7, 11) is 2.01. The Kier molecular flexibility index (Phi) is 3.80. The number of hydrogen-bond donors (Lipinski definition) is 1. The maximum absolute atomic E-state index is 5.40. The molecule has 1 atom stereocenters. The van der Waals surface area contributed by atoms with E-state index < -0.39 is 0 Å². The van der Waals surface area contributed by atoms with Crippen LogP contribution in [0.3, 0.4) is 0 Å². The summed E-state index contributed by atoms with van der Waals surface area (Å²) >= 11 is 1.82. The van der Waals surface area contributed by atoms with Crippen LogP contribution in [0.15, 0.2) is 34.3 Å². The number of furan rings is 1. The van der Waals surface area contributed by atoms with Crippen LogP contribution in [-0.2, 0) is 12.8 Å². The predicted molar refractivity (Wildman–Crippen MR) is 67.9 cm³/mol. The van der Waals surface area contributed by atoms with E-state index in [4.69, 9.17) is 4.42 Å². The number of rotatable bonds is 5. The zero-order chi connectivity index (χ0) is 11.4. The minimum Gasteiger partial charge on any atom is -0.469 e. The van der Waals surface area contributed by atoms with Gasteiger partial charge < -0.3 is 9.73 Å². The second kappa shape index (κ2) is 5.32. The number of nitrogens with one attached hydrogen (secondary N) is 1. The van der Waals surface area contributed by atoms with Crippen LogP contribution in [0.25, 0.3) is 0 Å². The third-order valence-electron chi connectivity index (χ3n) is 2.81. The standard InChI is InChI=1S/C13H17NOS/c1-3-10-6-8-16-13(10)12(14-2)9-11-5-4-7-15-11/h4-8,12,14H,3,9H2,1-2H3. The van der Waals surface area contributed by atoms with Gasteiger partial charge in [0.2, 0.25) is 0 Å². The van der Waals surface area contributed by atoms with Crippen molar-refractivity contribution in [3.63, 3.8) is 0 Å².